The van der Waals surface area contributed by atoms with Crippen molar-refractivity contribution in [3.63, 3.8) is 0 Å². The molecule has 0 saturated carbocycles. The van der Waals surface area contributed by atoms with Crippen LogP contribution in [-0.4, -0.2) is 40.0 Å². The second kappa shape index (κ2) is 9.87. The van der Waals surface area contributed by atoms with E-state index in [2.05, 4.69) is 4.74 Å². The summed E-state index contributed by atoms with van der Waals surface area (Å²) in [5, 5.41) is -1.45. The fourth-order valence-electron chi connectivity index (χ4n) is 2.05. The molecule has 0 aliphatic carbocycles. The fraction of sp³-hybridized carbons (Fsp3) is 0.438. The monoisotopic (exact) mass is 390 g/mol. The van der Waals surface area contributed by atoms with Crippen molar-refractivity contribution < 1.29 is 31.6 Å². The Bertz CT molecular complexity index is 718. The molecular formula is C16H23O7PS. The van der Waals surface area contributed by atoms with Crippen molar-refractivity contribution in [2.75, 3.05) is 20.3 Å². The highest BCUT2D eigenvalue weighted by molar-refractivity contribution is 7.92. The molecule has 1 aromatic carbocycles. The lowest BCUT2D eigenvalue weighted by Crippen LogP contribution is -2.31. The molecule has 0 amide bonds. The van der Waals surface area contributed by atoms with Gasteiger partial charge in [-0.25, -0.2) is 8.42 Å². The van der Waals surface area contributed by atoms with E-state index in [-0.39, 0.29) is 24.5 Å². The topological polar surface area (TPSA) is 96.0 Å². The van der Waals surface area contributed by atoms with Crippen molar-refractivity contribution in [1.29, 1.82) is 0 Å². The van der Waals surface area contributed by atoms with Crippen LogP contribution in [-0.2, 0) is 33.0 Å². The maximum atomic E-state index is 12.7. The van der Waals surface area contributed by atoms with Crippen molar-refractivity contribution in [1.82, 2.24) is 0 Å². The summed E-state index contributed by atoms with van der Waals surface area (Å²) < 4.78 is 52.5. The lowest BCUT2D eigenvalue weighted by molar-refractivity contribution is -0.140. The second-order valence-electron chi connectivity index (χ2n) is 4.87. The van der Waals surface area contributed by atoms with Crippen LogP contribution in [0.2, 0.25) is 0 Å². The molecule has 0 aliphatic rings. The number of hydrogen-bond donors (Lipinski definition) is 0. The zero-order chi connectivity index (χ0) is 18.9. The van der Waals surface area contributed by atoms with Gasteiger partial charge in [-0.2, -0.15) is 0 Å². The Labute approximate surface area is 148 Å². The van der Waals surface area contributed by atoms with Crippen LogP contribution in [0.1, 0.15) is 20.3 Å². The van der Waals surface area contributed by atoms with Crippen LogP contribution in [0.4, 0.5) is 0 Å². The van der Waals surface area contributed by atoms with Crippen molar-refractivity contribution in [3.05, 3.63) is 42.2 Å². The van der Waals surface area contributed by atoms with E-state index < -0.39 is 28.7 Å². The number of sulfone groups is 1. The third-order valence-electron chi connectivity index (χ3n) is 3.17. The van der Waals surface area contributed by atoms with Crippen molar-refractivity contribution in [2.24, 2.45) is 0 Å². The molecule has 0 heterocycles. The molecule has 25 heavy (non-hydrogen) atoms. The first-order chi connectivity index (χ1) is 11.8. The number of carbonyl (C=O) groups is 1. The maximum Gasteiger partial charge on any atom is 0.353 e. The second-order valence-corrected chi connectivity index (χ2v) is 8.89. The Morgan fingerprint density at radius 2 is 1.72 bits per heavy atom. The smallest absolute Gasteiger partial charge is 0.353 e. The van der Waals surface area contributed by atoms with Gasteiger partial charge >= 0.3 is 13.6 Å². The van der Waals surface area contributed by atoms with Crippen LogP contribution in [0.3, 0.4) is 0 Å². The number of hydrogen-bond acceptors (Lipinski definition) is 7. The third kappa shape index (κ3) is 6.08. The highest BCUT2D eigenvalue weighted by Crippen LogP contribution is 2.49. The van der Waals surface area contributed by atoms with Crippen LogP contribution in [0.5, 0.6) is 0 Å². The van der Waals surface area contributed by atoms with Gasteiger partial charge in [0, 0.05) is 5.82 Å². The minimum Gasteiger partial charge on any atom is -0.468 e. The number of ether oxygens (including phenoxy) is 1. The summed E-state index contributed by atoms with van der Waals surface area (Å²) in [5.41, 5.74) is 0. The van der Waals surface area contributed by atoms with Gasteiger partial charge < -0.3 is 13.8 Å². The van der Waals surface area contributed by atoms with E-state index in [0.29, 0.717) is 0 Å². The van der Waals surface area contributed by atoms with Crippen LogP contribution >= 0.6 is 7.60 Å². The Balaban J connectivity index is 3.08. The van der Waals surface area contributed by atoms with Gasteiger partial charge in [-0.15, -0.1) is 0 Å². The van der Waals surface area contributed by atoms with Crippen LogP contribution in [0, 0.1) is 0 Å². The number of rotatable bonds is 10. The fourth-order valence-corrected chi connectivity index (χ4v) is 4.98. The molecular weight excluding hydrogens is 367 g/mol. The van der Waals surface area contributed by atoms with E-state index in [9.17, 15) is 17.8 Å². The number of carbonyl (C=O) groups excluding carboxylic acids is 1. The Kier molecular flexibility index (Phi) is 8.52. The first-order valence-corrected chi connectivity index (χ1v) is 10.9. The first-order valence-electron chi connectivity index (χ1n) is 7.74. The molecule has 140 valence electrons. The van der Waals surface area contributed by atoms with E-state index in [1.54, 1.807) is 32.0 Å². The van der Waals surface area contributed by atoms with E-state index in [0.717, 1.165) is 7.11 Å². The summed E-state index contributed by atoms with van der Waals surface area (Å²) in [7, 11) is -6.30. The first kappa shape index (κ1) is 21.6. The molecule has 9 heteroatoms. The van der Waals surface area contributed by atoms with Crippen LogP contribution < -0.4 is 0 Å². The Morgan fingerprint density at radius 1 is 1.16 bits per heavy atom. The van der Waals surface area contributed by atoms with E-state index in [1.807, 2.05) is 0 Å². The van der Waals surface area contributed by atoms with Crippen LogP contribution in [0.15, 0.2) is 47.1 Å². The quantitative estimate of drug-likeness (QED) is 0.447. The lowest BCUT2D eigenvalue weighted by Gasteiger charge is -2.15. The van der Waals surface area contributed by atoms with Gasteiger partial charge in [-0.05, 0) is 32.4 Å². The molecule has 0 radical (unpaired) electrons. The molecule has 1 unspecified atom stereocenters. The molecule has 1 atom stereocenters. The number of methoxy groups -OCH3 is 1. The van der Waals surface area contributed by atoms with Gasteiger partial charge in [0.2, 0.25) is 0 Å². The lowest BCUT2D eigenvalue weighted by atomic mass is 10.3. The molecule has 0 saturated heterocycles. The van der Waals surface area contributed by atoms with Gasteiger partial charge in [0.25, 0.3) is 0 Å². The molecule has 0 aromatic heterocycles. The van der Waals surface area contributed by atoms with Crippen molar-refractivity contribution in [3.8, 4) is 0 Å². The predicted molar refractivity (Wildman–Crippen MR) is 94.0 cm³/mol. The molecule has 0 bridgehead atoms. The summed E-state index contributed by atoms with van der Waals surface area (Å²) in [6.07, 6.45) is 1.10. The van der Waals surface area contributed by atoms with Gasteiger partial charge in [-0.1, -0.05) is 24.3 Å². The van der Waals surface area contributed by atoms with Crippen molar-refractivity contribution >= 4 is 23.4 Å². The maximum absolute atomic E-state index is 12.7. The Hall–Kier alpha value is -1.47. The van der Waals surface area contributed by atoms with Gasteiger partial charge in [0.15, 0.2) is 15.1 Å². The highest BCUT2D eigenvalue weighted by Gasteiger charge is 2.34. The SMILES string of the molecule is CCOP(=O)(/C=C\CC(C(=O)OC)S(=O)(=O)c1ccccc1)OCC. The third-order valence-corrected chi connectivity index (χ3v) is 7.04. The molecule has 0 aliphatic heterocycles. The molecule has 0 spiro atoms. The number of allylic oxidation sites excluding steroid dienone is 1. The average Bonchev–Trinajstić information content (AvgIpc) is 2.59. The zero-order valence-electron chi connectivity index (χ0n) is 14.5. The minimum atomic E-state index is -3.95. The highest BCUT2D eigenvalue weighted by atomic mass is 32.2. The zero-order valence-corrected chi connectivity index (χ0v) is 16.2. The normalized spacial score (nSPS) is 13.7. The van der Waals surface area contributed by atoms with Crippen molar-refractivity contribution in [2.45, 2.75) is 30.4 Å². The summed E-state index contributed by atoms with van der Waals surface area (Å²) in [6.45, 7) is 3.67. The summed E-state index contributed by atoms with van der Waals surface area (Å²) in [5.74, 6) is 0.285. The standard InChI is InChI=1S/C16H23O7PS/c1-4-22-24(18,23-5-2)13-9-12-15(16(17)21-3)25(19,20)14-10-7-6-8-11-14/h6-11,13,15H,4-5,12H2,1-3H3/b13-9-. The summed E-state index contributed by atoms with van der Waals surface area (Å²) >= 11 is 0. The summed E-state index contributed by atoms with van der Waals surface area (Å²) in [4.78, 5) is 12.0. The van der Waals surface area contributed by atoms with E-state index >= 15 is 0 Å². The molecule has 0 fully saturated rings. The molecule has 1 rings (SSSR count). The molecule has 0 N–H and O–H groups in total. The van der Waals surface area contributed by atoms with E-state index in [1.165, 1.54) is 24.0 Å². The van der Waals surface area contributed by atoms with Gasteiger partial charge in [0.05, 0.1) is 25.2 Å². The Morgan fingerprint density at radius 3 is 2.20 bits per heavy atom. The average molecular weight is 390 g/mol. The molecule has 1 aromatic rings. The summed E-state index contributed by atoms with van der Waals surface area (Å²) in [6, 6.07) is 7.61. The van der Waals surface area contributed by atoms with Crippen LogP contribution in [0.25, 0.3) is 0 Å². The van der Waals surface area contributed by atoms with Gasteiger partial charge in [-0.3, -0.25) is 9.36 Å². The predicted octanol–water partition coefficient (Wildman–Crippen LogP) is 3.17. The van der Waals surface area contributed by atoms with Gasteiger partial charge in [0.1, 0.15) is 0 Å². The number of esters is 1. The molecule has 7 nitrogen and oxygen atoms in total. The van der Waals surface area contributed by atoms with E-state index in [4.69, 9.17) is 9.05 Å². The number of benzene rings is 1. The minimum absolute atomic E-state index is 0.0107. The largest absolute Gasteiger partial charge is 0.468 e.